The van der Waals surface area contributed by atoms with Crippen LogP contribution in [-0.4, -0.2) is 48.0 Å². The smallest absolute Gasteiger partial charge is 0.378 e. The van der Waals surface area contributed by atoms with Crippen LogP contribution in [0.25, 0.3) is 0 Å². The van der Waals surface area contributed by atoms with Crippen molar-refractivity contribution in [1.29, 1.82) is 0 Å². The molecule has 0 bridgehead atoms. The maximum Gasteiger partial charge on any atom is 0.417 e. The summed E-state index contributed by atoms with van der Waals surface area (Å²) in [6, 6.07) is 3.07. The summed E-state index contributed by atoms with van der Waals surface area (Å²) >= 11 is 5.64. The maximum atomic E-state index is 13.0. The number of aromatic nitrogens is 3. The van der Waals surface area contributed by atoms with E-state index >= 15 is 0 Å². The average molecular weight is 391 g/mol. The van der Waals surface area contributed by atoms with Gasteiger partial charge in [0.25, 0.3) is 0 Å². The standard InChI is InChI=1S/C15H18ClF3N6O/c16-11-2-1-9(7-10(11)15(17,18)19)21-12(8-20)13-22-14(24-23-13)25-3-5-26-6-4-25/h1-2,7,12,21H,3-6,8,20H2,(H,22,23,24). The number of aromatic amines is 1. The van der Waals surface area contributed by atoms with Crippen molar-refractivity contribution >= 4 is 23.2 Å². The maximum absolute atomic E-state index is 13.0. The first kappa shape index (κ1) is 18.7. The Kier molecular flexibility index (Phi) is 5.54. The summed E-state index contributed by atoms with van der Waals surface area (Å²) in [6.07, 6.45) is -4.54. The quantitative estimate of drug-likeness (QED) is 0.726. The van der Waals surface area contributed by atoms with E-state index in [-0.39, 0.29) is 17.3 Å². The van der Waals surface area contributed by atoms with Crippen molar-refractivity contribution in [1.82, 2.24) is 15.2 Å². The zero-order chi connectivity index (χ0) is 18.7. The fraction of sp³-hybridized carbons (Fsp3) is 0.467. The van der Waals surface area contributed by atoms with Gasteiger partial charge in [-0.05, 0) is 18.2 Å². The molecule has 1 aromatic carbocycles. The first-order valence-electron chi connectivity index (χ1n) is 7.97. The van der Waals surface area contributed by atoms with Gasteiger partial charge in [0.15, 0.2) is 0 Å². The van der Waals surface area contributed by atoms with Crippen molar-refractivity contribution in [2.45, 2.75) is 12.2 Å². The van der Waals surface area contributed by atoms with E-state index in [0.717, 1.165) is 6.07 Å². The Morgan fingerprint density at radius 3 is 2.73 bits per heavy atom. The van der Waals surface area contributed by atoms with Gasteiger partial charge in [-0.3, -0.25) is 5.10 Å². The van der Waals surface area contributed by atoms with Crippen LogP contribution in [0.15, 0.2) is 18.2 Å². The number of hydrogen-bond donors (Lipinski definition) is 3. The summed E-state index contributed by atoms with van der Waals surface area (Å²) in [5.41, 5.74) is 5.09. The van der Waals surface area contributed by atoms with Crippen LogP contribution in [0, 0.1) is 0 Å². The lowest BCUT2D eigenvalue weighted by Gasteiger charge is -2.25. The molecule has 1 unspecified atom stereocenters. The van der Waals surface area contributed by atoms with Crippen LogP contribution in [0.2, 0.25) is 5.02 Å². The molecule has 26 heavy (non-hydrogen) atoms. The SMILES string of the molecule is NCC(Nc1ccc(Cl)c(C(F)(F)F)c1)c1nc(N2CCOCC2)n[nH]1. The molecule has 0 spiro atoms. The highest BCUT2D eigenvalue weighted by Crippen LogP contribution is 2.36. The van der Waals surface area contributed by atoms with Gasteiger partial charge in [0.2, 0.25) is 5.95 Å². The largest absolute Gasteiger partial charge is 0.417 e. The van der Waals surface area contributed by atoms with Crippen LogP contribution in [0.3, 0.4) is 0 Å². The second-order valence-corrected chi connectivity index (χ2v) is 6.15. The number of halogens is 4. The summed E-state index contributed by atoms with van der Waals surface area (Å²) in [7, 11) is 0. The van der Waals surface area contributed by atoms with Crippen LogP contribution in [-0.2, 0) is 10.9 Å². The molecule has 0 aliphatic carbocycles. The lowest BCUT2D eigenvalue weighted by molar-refractivity contribution is -0.137. The van der Waals surface area contributed by atoms with E-state index in [1.165, 1.54) is 12.1 Å². The van der Waals surface area contributed by atoms with Crippen molar-refractivity contribution in [3.63, 3.8) is 0 Å². The molecule has 142 valence electrons. The van der Waals surface area contributed by atoms with Crippen molar-refractivity contribution < 1.29 is 17.9 Å². The molecular weight excluding hydrogens is 373 g/mol. The van der Waals surface area contributed by atoms with Crippen LogP contribution in [0.4, 0.5) is 24.8 Å². The number of anilines is 2. The number of rotatable bonds is 5. The molecule has 2 aromatic rings. The molecule has 11 heteroatoms. The Balaban J connectivity index is 1.77. The third-order valence-corrected chi connectivity index (χ3v) is 4.29. The summed E-state index contributed by atoms with van der Waals surface area (Å²) in [4.78, 5) is 6.36. The van der Waals surface area contributed by atoms with Gasteiger partial charge in [0, 0.05) is 25.3 Å². The topological polar surface area (TPSA) is 92.1 Å². The minimum atomic E-state index is -4.54. The Hall–Kier alpha value is -2.04. The molecule has 3 rings (SSSR count). The molecule has 1 aliphatic heterocycles. The van der Waals surface area contributed by atoms with Gasteiger partial charge in [0.1, 0.15) is 5.82 Å². The predicted octanol–water partition coefficient (Wildman–Crippen LogP) is 2.43. The van der Waals surface area contributed by atoms with E-state index in [0.29, 0.717) is 38.1 Å². The van der Waals surface area contributed by atoms with Crippen LogP contribution < -0.4 is 16.0 Å². The summed E-state index contributed by atoms with van der Waals surface area (Å²) in [5, 5.41) is 9.54. The number of alkyl halides is 3. The van der Waals surface area contributed by atoms with Crippen molar-refractivity contribution in [3.8, 4) is 0 Å². The molecule has 0 radical (unpaired) electrons. The molecule has 0 saturated carbocycles. The monoisotopic (exact) mass is 390 g/mol. The molecule has 4 N–H and O–H groups in total. The van der Waals surface area contributed by atoms with E-state index in [2.05, 4.69) is 20.5 Å². The zero-order valence-corrected chi connectivity index (χ0v) is 14.4. The molecular formula is C15H18ClF3N6O. The second-order valence-electron chi connectivity index (χ2n) is 5.75. The number of benzene rings is 1. The van der Waals surface area contributed by atoms with E-state index in [1.54, 1.807) is 0 Å². The molecule has 0 amide bonds. The molecule has 1 saturated heterocycles. The van der Waals surface area contributed by atoms with E-state index in [4.69, 9.17) is 22.1 Å². The number of nitrogens with one attached hydrogen (secondary N) is 2. The highest BCUT2D eigenvalue weighted by Gasteiger charge is 2.33. The van der Waals surface area contributed by atoms with E-state index in [9.17, 15) is 13.2 Å². The van der Waals surface area contributed by atoms with Gasteiger partial charge < -0.3 is 20.7 Å². The zero-order valence-electron chi connectivity index (χ0n) is 13.7. The third kappa shape index (κ3) is 4.19. The lowest BCUT2D eigenvalue weighted by atomic mass is 10.1. The average Bonchev–Trinajstić information content (AvgIpc) is 3.10. The summed E-state index contributed by atoms with van der Waals surface area (Å²) in [5.74, 6) is 0.952. The number of H-pyrrole nitrogens is 1. The fourth-order valence-corrected chi connectivity index (χ4v) is 2.82. The van der Waals surface area contributed by atoms with Crippen molar-refractivity contribution in [2.75, 3.05) is 43.1 Å². The Morgan fingerprint density at radius 1 is 1.35 bits per heavy atom. The van der Waals surface area contributed by atoms with Gasteiger partial charge in [-0.2, -0.15) is 18.2 Å². The summed E-state index contributed by atoms with van der Waals surface area (Å²) < 4.78 is 44.3. The third-order valence-electron chi connectivity index (χ3n) is 3.96. The number of nitrogens with zero attached hydrogens (tertiary/aromatic N) is 3. The normalized spacial score (nSPS) is 16.6. The van der Waals surface area contributed by atoms with Crippen molar-refractivity contribution in [3.05, 3.63) is 34.6 Å². The van der Waals surface area contributed by atoms with Gasteiger partial charge in [-0.25, -0.2) is 0 Å². The Bertz CT molecular complexity index is 747. The van der Waals surface area contributed by atoms with E-state index < -0.39 is 17.8 Å². The Morgan fingerprint density at radius 2 is 2.08 bits per heavy atom. The van der Waals surface area contributed by atoms with Gasteiger partial charge >= 0.3 is 6.18 Å². The lowest BCUT2D eigenvalue weighted by Crippen LogP contribution is -2.37. The molecule has 1 aliphatic rings. The minimum absolute atomic E-state index is 0.113. The number of hydrogen-bond acceptors (Lipinski definition) is 6. The molecule has 1 fully saturated rings. The number of nitrogens with two attached hydrogens (primary N) is 1. The van der Waals surface area contributed by atoms with Gasteiger partial charge in [-0.15, -0.1) is 5.10 Å². The molecule has 1 atom stereocenters. The highest BCUT2D eigenvalue weighted by atomic mass is 35.5. The van der Waals surface area contributed by atoms with Crippen molar-refractivity contribution in [2.24, 2.45) is 5.73 Å². The number of ether oxygens (including phenoxy) is 1. The number of morpholine rings is 1. The van der Waals surface area contributed by atoms with Gasteiger partial charge in [-0.1, -0.05) is 11.6 Å². The molecule has 7 nitrogen and oxygen atoms in total. The van der Waals surface area contributed by atoms with Crippen LogP contribution in [0.5, 0.6) is 0 Å². The fourth-order valence-electron chi connectivity index (χ4n) is 2.60. The molecule has 1 aromatic heterocycles. The first-order chi connectivity index (χ1) is 12.4. The van der Waals surface area contributed by atoms with Gasteiger partial charge in [0.05, 0.1) is 29.8 Å². The molecule has 2 heterocycles. The predicted molar refractivity (Wildman–Crippen MR) is 91.3 cm³/mol. The first-order valence-corrected chi connectivity index (χ1v) is 8.34. The minimum Gasteiger partial charge on any atom is -0.378 e. The van der Waals surface area contributed by atoms with Crippen LogP contribution >= 0.6 is 11.6 Å². The second kappa shape index (κ2) is 7.68. The Labute approximate surface area is 152 Å². The summed E-state index contributed by atoms with van der Waals surface area (Å²) in [6.45, 7) is 2.64. The van der Waals surface area contributed by atoms with E-state index in [1.807, 2.05) is 4.90 Å². The van der Waals surface area contributed by atoms with Crippen LogP contribution in [0.1, 0.15) is 17.4 Å². The highest BCUT2D eigenvalue weighted by molar-refractivity contribution is 6.31.